The summed E-state index contributed by atoms with van der Waals surface area (Å²) < 4.78 is 4.97. The minimum Gasteiger partial charge on any atom is -0.465 e. The average molecular weight is 210 g/mol. The third-order valence-electron chi connectivity index (χ3n) is 2.14. The molecular weight excluding hydrogens is 188 g/mol. The van der Waals surface area contributed by atoms with E-state index in [4.69, 9.17) is 4.74 Å². The van der Waals surface area contributed by atoms with E-state index in [2.05, 4.69) is 13.2 Å². The first-order valence-electron chi connectivity index (χ1n) is 5.53. The Hall–Kier alpha value is -1.05. The van der Waals surface area contributed by atoms with E-state index in [9.17, 15) is 4.79 Å². The van der Waals surface area contributed by atoms with E-state index in [1.165, 1.54) is 5.57 Å². The van der Waals surface area contributed by atoms with Crippen molar-refractivity contribution in [2.24, 2.45) is 0 Å². The van der Waals surface area contributed by atoms with Crippen LogP contribution in [-0.4, -0.2) is 12.6 Å². The zero-order valence-electron chi connectivity index (χ0n) is 9.97. The highest BCUT2D eigenvalue weighted by Crippen LogP contribution is 2.12. The molecule has 0 aromatic rings. The van der Waals surface area contributed by atoms with Gasteiger partial charge in [0.05, 0.1) is 6.61 Å². The predicted molar refractivity (Wildman–Crippen MR) is 63.7 cm³/mol. The van der Waals surface area contributed by atoms with Crippen LogP contribution in [0.15, 0.2) is 24.3 Å². The molecule has 0 radical (unpaired) electrons. The van der Waals surface area contributed by atoms with Crippen LogP contribution in [0.5, 0.6) is 0 Å². The third kappa shape index (κ3) is 9.26. The van der Waals surface area contributed by atoms with Crippen LogP contribution in [0.2, 0.25) is 0 Å². The van der Waals surface area contributed by atoms with E-state index in [1.54, 1.807) is 6.92 Å². The molecule has 0 aliphatic heterocycles. The first-order valence-corrected chi connectivity index (χ1v) is 5.53. The van der Waals surface area contributed by atoms with Crippen LogP contribution >= 0.6 is 0 Å². The molecule has 0 saturated heterocycles. The van der Waals surface area contributed by atoms with E-state index in [1.807, 2.05) is 6.92 Å². The van der Waals surface area contributed by atoms with Gasteiger partial charge >= 0.3 is 5.97 Å². The molecule has 0 aliphatic carbocycles. The summed E-state index contributed by atoms with van der Waals surface area (Å²) in [7, 11) is 0. The summed E-state index contributed by atoms with van der Waals surface area (Å²) in [5, 5.41) is 0. The SMILES string of the molecule is C=C(C)CCCC(=C)CCOC(=O)CC. The second-order valence-corrected chi connectivity index (χ2v) is 3.88. The number of carbonyl (C=O) groups excluding carboxylic acids is 1. The van der Waals surface area contributed by atoms with Crippen molar-refractivity contribution in [2.75, 3.05) is 6.61 Å². The quantitative estimate of drug-likeness (QED) is 0.451. The molecule has 0 fully saturated rings. The number of hydrogen-bond acceptors (Lipinski definition) is 2. The second kappa shape index (κ2) is 8.27. The average Bonchev–Trinajstić information content (AvgIpc) is 2.17. The lowest BCUT2D eigenvalue weighted by atomic mass is 10.1. The number of hydrogen-bond donors (Lipinski definition) is 0. The second-order valence-electron chi connectivity index (χ2n) is 3.88. The fourth-order valence-corrected chi connectivity index (χ4v) is 1.18. The highest BCUT2D eigenvalue weighted by molar-refractivity contribution is 5.68. The maximum atomic E-state index is 10.8. The van der Waals surface area contributed by atoms with Gasteiger partial charge in [-0.3, -0.25) is 4.79 Å². The van der Waals surface area contributed by atoms with Crippen molar-refractivity contribution in [2.45, 2.75) is 46.0 Å². The monoisotopic (exact) mass is 210 g/mol. The van der Waals surface area contributed by atoms with E-state index < -0.39 is 0 Å². The van der Waals surface area contributed by atoms with Crippen LogP contribution in [0.3, 0.4) is 0 Å². The van der Waals surface area contributed by atoms with Crippen molar-refractivity contribution < 1.29 is 9.53 Å². The number of esters is 1. The highest BCUT2D eigenvalue weighted by atomic mass is 16.5. The van der Waals surface area contributed by atoms with Gasteiger partial charge < -0.3 is 4.74 Å². The predicted octanol–water partition coefficient (Wildman–Crippen LogP) is 3.63. The Morgan fingerprint density at radius 3 is 2.40 bits per heavy atom. The van der Waals surface area contributed by atoms with Crippen LogP contribution in [0.25, 0.3) is 0 Å². The Morgan fingerprint density at radius 2 is 1.87 bits per heavy atom. The number of carbonyl (C=O) groups is 1. The molecule has 0 N–H and O–H groups in total. The molecule has 0 aromatic carbocycles. The minimum atomic E-state index is -0.135. The van der Waals surface area contributed by atoms with Crippen molar-refractivity contribution in [1.82, 2.24) is 0 Å². The van der Waals surface area contributed by atoms with Gasteiger partial charge in [-0.15, -0.1) is 6.58 Å². The lowest BCUT2D eigenvalue weighted by molar-refractivity contribution is -0.143. The molecule has 2 nitrogen and oxygen atoms in total. The standard InChI is InChI=1S/C13H22O2/c1-5-13(14)15-10-9-12(4)8-6-7-11(2)3/h2,4-10H2,1,3H3. The molecule has 0 aliphatic rings. The molecule has 2 heteroatoms. The summed E-state index contributed by atoms with van der Waals surface area (Å²) in [6.07, 6.45) is 4.37. The smallest absolute Gasteiger partial charge is 0.305 e. The topological polar surface area (TPSA) is 26.3 Å². The minimum absolute atomic E-state index is 0.135. The molecule has 0 heterocycles. The number of rotatable bonds is 8. The maximum absolute atomic E-state index is 10.8. The van der Waals surface area contributed by atoms with Gasteiger partial charge in [0.1, 0.15) is 0 Å². The number of ether oxygens (including phenoxy) is 1. The Kier molecular flexibility index (Phi) is 7.69. The summed E-state index contributed by atoms with van der Waals surface area (Å²) in [6.45, 7) is 12.1. The van der Waals surface area contributed by atoms with Crippen molar-refractivity contribution in [3.8, 4) is 0 Å². The molecule has 0 unspecified atom stereocenters. The van der Waals surface area contributed by atoms with Crippen molar-refractivity contribution in [3.63, 3.8) is 0 Å². The van der Waals surface area contributed by atoms with E-state index >= 15 is 0 Å². The summed E-state index contributed by atoms with van der Waals surface area (Å²) in [4.78, 5) is 10.8. The van der Waals surface area contributed by atoms with E-state index in [0.29, 0.717) is 13.0 Å². The normalized spacial score (nSPS) is 9.73. The Morgan fingerprint density at radius 1 is 1.20 bits per heavy atom. The van der Waals surface area contributed by atoms with E-state index in [-0.39, 0.29) is 5.97 Å². The number of allylic oxidation sites excluding steroid dienone is 1. The largest absolute Gasteiger partial charge is 0.465 e. The molecule has 0 rings (SSSR count). The third-order valence-corrected chi connectivity index (χ3v) is 2.14. The fraction of sp³-hybridized carbons (Fsp3) is 0.615. The van der Waals surface area contributed by atoms with Crippen LogP contribution in [0.1, 0.15) is 46.0 Å². The Balaban J connectivity index is 3.41. The van der Waals surface area contributed by atoms with Gasteiger partial charge in [0.15, 0.2) is 0 Å². The molecule has 0 atom stereocenters. The summed E-state index contributed by atoms with van der Waals surface area (Å²) >= 11 is 0. The molecule has 86 valence electrons. The lowest BCUT2D eigenvalue weighted by Crippen LogP contribution is -2.04. The highest BCUT2D eigenvalue weighted by Gasteiger charge is 1.99. The molecule has 0 spiro atoms. The fourth-order valence-electron chi connectivity index (χ4n) is 1.18. The summed E-state index contributed by atoms with van der Waals surface area (Å²) in [5.41, 5.74) is 2.36. The first kappa shape index (κ1) is 13.9. The van der Waals surface area contributed by atoms with Gasteiger partial charge in [-0.05, 0) is 26.2 Å². The Labute approximate surface area is 93.0 Å². The summed E-state index contributed by atoms with van der Waals surface area (Å²) in [5.74, 6) is -0.135. The molecule has 0 saturated carbocycles. The molecular formula is C13H22O2. The zero-order valence-corrected chi connectivity index (χ0v) is 9.97. The zero-order chi connectivity index (χ0) is 11.7. The van der Waals surface area contributed by atoms with Crippen LogP contribution < -0.4 is 0 Å². The van der Waals surface area contributed by atoms with Crippen molar-refractivity contribution in [1.29, 1.82) is 0 Å². The molecule has 0 amide bonds. The van der Waals surface area contributed by atoms with Gasteiger partial charge in [-0.2, -0.15) is 0 Å². The first-order chi connectivity index (χ1) is 7.06. The van der Waals surface area contributed by atoms with Gasteiger partial charge in [0.2, 0.25) is 0 Å². The maximum Gasteiger partial charge on any atom is 0.305 e. The molecule has 0 bridgehead atoms. The molecule has 15 heavy (non-hydrogen) atoms. The van der Waals surface area contributed by atoms with Gasteiger partial charge in [0.25, 0.3) is 0 Å². The summed E-state index contributed by atoms with van der Waals surface area (Å²) in [6, 6.07) is 0. The van der Waals surface area contributed by atoms with Crippen LogP contribution in [0, 0.1) is 0 Å². The van der Waals surface area contributed by atoms with Crippen LogP contribution in [-0.2, 0) is 9.53 Å². The van der Waals surface area contributed by atoms with Crippen molar-refractivity contribution in [3.05, 3.63) is 24.3 Å². The molecule has 0 aromatic heterocycles. The van der Waals surface area contributed by atoms with Crippen molar-refractivity contribution >= 4 is 5.97 Å². The van der Waals surface area contributed by atoms with Gasteiger partial charge in [0, 0.05) is 12.8 Å². The van der Waals surface area contributed by atoms with Gasteiger partial charge in [-0.25, -0.2) is 0 Å². The lowest BCUT2D eigenvalue weighted by Gasteiger charge is -2.06. The Bertz CT molecular complexity index is 229. The van der Waals surface area contributed by atoms with Gasteiger partial charge in [-0.1, -0.05) is 24.6 Å². The van der Waals surface area contributed by atoms with Crippen LogP contribution in [0.4, 0.5) is 0 Å². The van der Waals surface area contributed by atoms with E-state index in [0.717, 1.165) is 31.3 Å².